The van der Waals surface area contributed by atoms with Crippen LogP contribution in [0.15, 0.2) is 0 Å². The van der Waals surface area contributed by atoms with Gasteiger partial charge in [-0.15, -0.1) is 0 Å². The topological polar surface area (TPSA) is 85.4 Å². The third-order valence-electron chi connectivity index (χ3n) is 7.31. The monoisotopic (exact) mass is 410 g/mol. The van der Waals surface area contributed by atoms with Gasteiger partial charge in [0.25, 0.3) is 0 Å². The van der Waals surface area contributed by atoms with Crippen LogP contribution >= 0.6 is 0 Å². The minimum absolute atomic E-state index is 0.177. The highest BCUT2D eigenvalue weighted by Gasteiger charge is 2.47. The number of carbonyl (C=O) groups is 2. The Balaban J connectivity index is 1.21. The molecule has 1 heterocycles. The molecule has 0 radical (unpaired) electrons. The zero-order valence-corrected chi connectivity index (χ0v) is 18.2. The zero-order valence-electron chi connectivity index (χ0n) is 18.2. The number of epoxide rings is 1. The highest BCUT2D eigenvalue weighted by Crippen LogP contribution is 2.42. The van der Waals surface area contributed by atoms with Crippen molar-refractivity contribution >= 4 is 11.9 Å². The first-order valence-electron chi connectivity index (χ1n) is 11.5. The number of esters is 2. The number of aliphatic hydroxyl groups excluding tert-OH is 1. The molecule has 166 valence electrons. The second kappa shape index (κ2) is 10.3. The second-order valence-corrected chi connectivity index (χ2v) is 9.75. The number of ether oxygens (including phenoxy) is 3. The minimum Gasteiger partial charge on any atom is -0.465 e. The maximum absolute atomic E-state index is 12.0. The van der Waals surface area contributed by atoms with Crippen LogP contribution in [0.5, 0.6) is 0 Å². The van der Waals surface area contributed by atoms with Crippen LogP contribution in [-0.2, 0) is 23.8 Å². The summed E-state index contributed by atoms with van der Waals surface area (Å²) in [6.07, 6.45) is 6.24. The van der Waals surface area contributed by atoms with E-state index in [0.29, 0.717) is 81.2 Å². The molecule has 3 aliphatic rings. The average molecular weight is 411 g/mol. The average Bonchev–Trinajstić information content (AvgIpc) is 3.43. The normalized spacial score (nSPS) is 38.8. The Kier molecular flexibility index (Phi) is 7.97. The second-order valence-electron chi connectivity index (χ2n) is 9.75. The van der Waals surface area contributed by atoms with E-state index >= 15 is 0 Å². The summed E-state index contributed by atoms with van der Waals surface area (Å²) < 4.78 is 16.4. The number of unbranched alkanes of at least 4 members (excludes halogenated alkanes) is 1. The molecule has 1 aliphatic heterocycles. The molecular formula is C23H38O6. The molecule has 0 bridgehead atoms. The maximum Gasteiger partial charge on any atom is 0.305 e. The molecule has 0 spiro atoms. The van der Waals surface area contributed by atoms with Gasteiger partial charge in [-0.2, -0.15) is 0 Å². The predicted molar refractivity (Wildman–Crippen MR) is 108 cm³/mol. The van der Waals surface area contributed by atoms with Gasteiger partial charge in [0.1, 0.15) is 0 Å². The van der Waals surface area contributed by atoms with E-state index in [1.54, 1.807) is 0 Å². The lowest BCUT2D eigenvalue weighted by molar-refractivity contribution is -0.148. The Morgan fingerprint density at radius 3 is 1.93 bits per heavy atom. The number of hydrogen-bond donors (Lipinski definition) is 1. The molecule has 0 aromatic heterocycles. The summed E-state index contributed by atoms with van der Waals surface area (Å²) in [5.74, 6) is 1.56. The summed E-state index contributed by atoms with van der Waals surface area (Å²) >= 11 is 0. The molecule has 8 atom stereocenters. The van der Waals surface area contributed by atoms with Crippen molar-refractivity contribution in [2.45, 2.75) is 90.4 Å². The Bertz CT molecular complexity index is 564. The number of rotatable bonds is 9. The van der Waals surface area contributed by atoms with Crippen LogP contribution < -0.4 is 0 Å². The van der Waals surface area contributed by atoms with E-state index in [2.05, 4.69) is 20.8 Å². The molecular weight excluding hydrogens is 372 g/mol. The van der Waals surface area contributed by atoms with Crippen LogP contribution in [0.25, 0.3) is 0 Å². The molecule has 2 saturated carbocycles. The van der Waals surface area contributed by atoms with E-state index in [-0.39, 0.29) is 24.0 Å². The molecule has 3 rings (SSSR count). The largest absolute Gasteiger partial charge is 0.465 e. The Morgan fingerprint density at radius 2 is 1.31 bits per heavy atom. The predicted octanol–water partition coefficient (Wildman–Crippen LogP) is 3.49. The summed E-state index contributed by atoms with van der Waals surface area (Å²) in [6, 6.07) is 0. The van der Waals surface area contributed by atoms with Gasteiger partial charge in [-0.1, -0.05) is 20.8 Å². The van der Waals surface area contributed by atoms with Gasteiger partial charge in [-0.3, -0.25) is 9.59 Å². The van der Waals surface area contributed by atoms with Gasteiger partial charge in [0.15, 0.2) is 0 Å². The number of fused-ring (bicyclic) bond motifs is 1. The minimum atomic E-state index is -0.296. The van der Waals surface area contributed by atoms with Crippen molar-refractivity contribution in [1.82, 2.24) is 0 Å². The van der Waals surface area contributed by atoms with Crippen molar-refractivity contribution in [3.8, 4) is 0 Å². The van der Waals surface area contributed by atoms with Crippen LogP contribution in [-0.4, -0.2) is 48.6 Å². The van der Waals surface area contributed by atoms with E-state index in [4.69, 9.17) is 14.2 Å². The van der Waals surface area contributed by atoms with Gasteiger partial charge in [-0.25, -0.2) is 0 Å². The van der Waals surface area contributed by atoms with Crippen LogP contribution in [0.2, 0.25) is 0 Å². The summed E-state index contributed by atoms with van der Waals surface area (Å²) in [5.41, 5.74) is 0. The van der Waals surface area contributed by atoms with Gasteiger partial charge in [0, 0.05) is 12.8 Å². The van der Waals surface area contributed by atoms with E-state index in [1.807, 2.05) is 0 Å². The molecule has 0 amide bonds. The quantitative estimate of drug-likeness (QED) is 0.356. The maximum atomic E-state index is 12.0. The van der Waals surface area contributed by atoms with Crippen LogP contribution in [0.4, 0.5) is 0 Å². The van der Waals surface area contributed by atoms with Crippen LogP contribution in [0.1, 0.15) is 72.1 Å². The summed E-state index contributed by atoms with van der Waals surface area (Å²) in [5, 5.41) is 10.0. The zero-order chi connectivity index (χ0) is 21.0. The fourth-order valence-corrected chi connectivity index (χ4v) is 4.94. The SMILES string of the molecule is CC1CC(C)C(COC(=O)CCCCC(=O)OCC2CC3OC3CC2C)CC1O. The van der Waals surface area contributed by atoms with Gasteiger partial charge in [-0.05, 0) is 68.1 Å². The van der Waals surface area contributed by atoms with Crippen molar-refractivity contribution < 1.29 is 28.9 Å². The lowest BCUT2D eigenvalue weighted by atomic mass is 9.74. The third kappa shape index (κ3) is 6.68. The smallest absolute Gasteiger partial charge is 0.305 e. The number of aliphatic hydroxyl groups is 1. The Labute approximate surface area is 174 Å². The highest BCUT2D eigenvalue weighted by atomic mass is 16.6. The molecule has 29 heavy (non-hydrogen) atoms. The number of carbonyl (C=O) groups excluding carboxylic acids is 2. The standard InChI is InChI=1S/C23H38O6/c1-14-8-16(3)19(24)10-17(14)12-27-22(25)6-4-5-7-23(26)28-13-18-11-21-20(29-21)9-15(18)2/h14-21,24H,4-13H2,1-3H3. The molecule has 1 N–H and O–H groups in total. The van der Waals surface area contributed by atoms with Crippen LogP contribution in [0.3, 0.4) is 0 Å². The fourth-order valence-electron chi connectivity index (χ4n) is 4.94. The van der Waals surface area contributed by atoms with Crippen molar-refractivity contribution in [1.29, 1.82) is 0 Å². The highest BCUT2D eigenvalue weighted by molar-refractivity contribution is 5.70. The first-order chi connectivity index (χ1) is 13.8. The molecule has 3 fully saturated rings. The fraction of sp³-hybridized carbons (Fsp3) is 0.913. The lowest BCUT2D eigenvalue weighted by Crippen LogP contribution is -2.35. The molecule has 6 heteroatoms. The molecule has 8 unspecified atom stereocenters. The van der Waals surface area contributed by atoms with E-state index in [9.17, 15) is 14.7 Å². The first kappa shape index (κ1) is 22.5. The Morgan fingerprint density at radius 1 is 0.793 bits per heavy atom. The summed E-state index contributed by atoms with van der Waals surface area (Å²) in [4.78, 5) is 23.9. The van der Waals surface area contributed by atoms with Crippen molar-refractivity contribution in [2.24, 2.45) is 29.6 Å². The first-order valence-corrected chi connectivity index (χ1v) is 11.5. The van der Waals surface area contributed by atoms with E-state index in [1.165, 1.54) is 0 Å². The van der Waals surface area contributed by atoms with Gasteiger partial charge >= 0.3 is 11.9 Å². The molecule has 0 aromatic rings. The third-order valence-corrected chi connectivity index (χ3v) is 7.31. The van der Waals surface area contributed by atoms with Gasteiger partial charge < -0.3 is 19.3 Å². The van der Waals surface area contributed by atoms with Crippen molar-refractivity contribution in [3.05, 3.63) is 0 Å². The molecule has 1 saturated heterocycles. The van der Waals surface area contributed by atoms with Gasteiger partial charge in [0.2, 0.25) is 0 Å². The van der Waals surface area contributed by atoms with Crippen molar-refractivity contribution in [3.63, 3.8) is 0 Å². The molecule has 6 nitrogen and oxygen atoms in total. The van der Waals surface area contributed by atoms with E-state index in [0.717, 1.165) is 19.3 Å². The summed E-state index contributed by atoms with van der Waals surface area (Å²) in [6.45, 7) is 7.31. The van der Waals surface area contributed by atoms with Crippen LogP contribution in [0, 0.1) is 29.6 Å². The number of hydrogen-bond acceptors (Lipinski definition) is 6. The Hall–Kier alpha value is -1.14. The van der Waals surface area contributed by atoms with Gasteiger partial charge in [0.05, 0.1) is 31.5 Å². The summed E-state index contributed by atoms with van der Waals surface area (Å²) in [7, 11) is 0. The molecule has 0 aromatic carbocycles. The molecule has 2 aliphatic carbocycles. The van der Waals surface area contributed by atoms with E-state index < -0.39 is 0 Å². The lowest BCUT2D eigenvalue weighted by Gasteiger charge is -2.35. The van der Waals surface area contributed by atoms with Crippen molar-refractivity contribution in [2.75, 3.05) is 13.2 Å².